The van der Waals surface area contributed by atoms with Gasteiger partial charge in [-0.25, -0.2) is 0 Å². The van der Waals surface area contributed by atoms with Crippen LogP contribution >= 0.6 is 11.6 Å². The van der Waals surface area contributed by atoms with Gasteiger partial charge in [0, 0.05) is 23.3 Å². The minimum absolute atomic E-state index is 0.0336. The zero-order chi connectivity index (χ0) is 21.5. The highest BCUT2D eigenvalue weighted by Gasteiger charge is 2.15. The number of hydrogen-bond acceptors (Lipinski definition) is 3. The molecule has 6 heteroatoms. The Kier molecular flexibility index (Phi) is 7.09. The van der Waals surface area contributed by atoms with Gasteiger partial charge in [0.05, 0.1) is 6.54 Å². The minimum Gasteiger partial charge on any atom is -0.489 e. The van der Waals surface area contributed by atoms with Gasteiger partial charge in [-0.1, -0.05) is 41.4 Å². The van der Waals surface area contributed by atoms with E-state index in [2.05, 4.69) is 5.32 Å². The van der Waals surface area contributed by atoms with Crippen molar-refractivity contribution in [2.75, 3.05) is 18.9 Å². The Morgan fingerprint density at radius 3 is 2.20 bits per heavy atom. The van der Waals surface area contributed by atoms with Crippen LogP contribution in [0.3, 0.4) is 0 Å². The van der Waals surface area contributed by atoms with E-state index >= 15 is 0 Å². The van der Waals surface area contributed by atoms with Crippen LogP contribution in [-0.4, -0.2) is 30.3 Å². The molecule has 154 valence electrons. The summed E-state index contributed by atoms with van der Waals surface area (Å²) >= 11 is 5.86. The lowest BCUT2D eigenvalue weighted by Crippen LogP contribution is -2.34. The Labute approximate surface area is 181 Å². The number of aryl methyl sites for hydroxylation is 1. The molecule has 5 nitrogen and oxygen atoms in total. The summed E-state index contributed by atoms with van der Waals surface area (Å²) < 4.78 is 5.70. The Morgan fingerprint density at radius 2 is 1.57 bits per heavy atom. The highest BCUT2D eigenvalue weighted by Crippen LogP contribution is 2.17. The number of hydrogen-bond donors (Lipinski definition) is 1. The van der Waals surface area contributed by atoms with Crippen molar-refractivity contribution >= 4 is 29.1 Å². The fourth-order valence-electron chi connectivity index (χ4n) is 2.79. The smallest absolute Gasteiger partial charge is 0.254 e. The van der Waals surface area contributed by atoms with Gasteiger partial charge in [-0.2, -0.15) is 0 Å². The molecule has 0 fully saturated rings. The molecule has 0 aliphatic rings. The van der Waals surface area contributed by atoms with Crippen LogP contribution in [0, 0.1) is 6.92 Å². The molecule has 30 heavy (non-hydrogen) atoms. The number of benzene rings is 3. The normalized spacial score (nSPS) is 10.4. The number of likely N-dealkylation sites (N-methyl/N-ethyl adjacent to an activating group) is 1. The van der Waals surface area contributed by atoms with Crippen LogP contribution in [0.1, 0.15) is 21.5 Å². The summed E-state index contributed by atoms with van der Waals surface area (Å²) in [5, 5.41) is 3.45. The highest BCUT2D eigenvalue weighted by atomic mass is 35.5. The van der Waals surface area contributed by atoms with Gasteiger partial charge < -0.3 is 15.0 Å². The number of amides is 2. The van der Waals surface area contributed by atoms with Crippen LogP contribution in [0.4, 0.5) is 5.69 Å². The molecule has 0 atom stereocenters. The van der Waals surface area contributed by atoms with E-state index in [1.54, 1.807) is 43.4 Å². The van der Waals surface area contributed by atoms with E-state index in [9.17, 15) is 9.59 Å². The lowest BCUT2D eigenvalue weighted by molar-refractivity contribution is -0.116. The highest BCUT2D eigenvalue weighted by molar-refractivity contribution is 6.30. The summed E-state index contributed by atoms with van der Waals surface area (Å²) in [6.45, 7) is 2.33. The summed E-state index contributed by atoms with van der Waals surface area (Å²) in [6, 6.07) is 21.8. The van der Waals surface area contributed by atoms with Gasteiger partial charge in [-0.3, -0.25) is 9.59 Å². The van der Waals surface area contributed by atoms with Crippen molar-refractivity contribution in [1.29, 1.82) is 0 Å². The molecule has 0 heterocycles. The minimum atomic E-state index is -0.248. The zero-order valence-corrected chi connectivity index (χ0v) is 17.6. The molecule has 0 bridgehead atoms. The maximum atomic E-state index is 12.6. The van der Waals surface area contributed by atoms with E-state index in [1.807, 2.05) is 43.3 Å². The predicted octanol–water partition coefficient (Wildman–Crippen LogP) is 4.94. The molecule has 3 aromatic carbocycles. The monoisotopic (exact) mass is 422 g/mol. The molecule has 0 aliphatic carbocycles. The molecule has 3 aromatic rings. The Bertz CT molecular complexity index is 1000. The number of ether oxygens (including phenoxy) is 1. The maximum Gasteiger partial charge on any atom is 0.254 e. The number of nitrogens with one attached hydrogen (secondary N) is 1. The summed E-state index contributed by atoms with van der Waals surface area (Å²) in [5.41, 5.74) is 3.26. The number of rotatable bonds is 7. The van der Waals surface area contributed by atoms with Crippen molar-refractivity contribution < 1.29 is 14.3 Å². The van der Waals surface area contributed by atoms with Crippen molar-refractivity contribution in [2.45, 2.75) is 13.5 Å². The topological polar surface area (TPSA) is 58.6 Å². The first kappa shape index (κ1) is 21.4. The molecular formula is C24H23ClN2O3. The van der Waals surface area contributed by atoms with Crippen LogP contribution in [0.25, 0.3) is 0 Å². The molecule has 0 spiro atoms. The number of halogens is 1. The molecule has 3 rings (SSSR count). The van der Waals surface area contributed by atoms with Crippen molar-refractivity contribution in [3.8, 4) is 5.75 Å². The van der Waals surface area contributed by atoms with Gasteiger partial charge in [-0.15, -0.1) is 0 Å². The first-order valence-corrected chi connectivity index (χ1v) is 9.88. The van der Waals surface area contributed by atoms with E-state index in [4.69, 9.17) is 16.3 Å². The second-order valence-corrected chi connectivity index (χ2v) is 7.45. The van der Waals surface area contributed by atoms with Crippen LogP contribution in [-0.2, 0) is 11.4 Å². The first-order valence-electron chi connectivity index (χ1n) is 9.50. The molecule has 0 saturated heterocycles. The first-order chi connectivity index (χ1) is 14.4. The third-order valence-corrected chi connectivity index (χ3v) is 4.73. The van der Waals surface area contributed by atoms with Gasteiger partial charge in [0.2, 0.25) is 5.91 Å². The Morgan fingerprint density at radius 1 is 0.933 bits per heavy atom. The van der Waals surface area contributed by atoms with Crippen molar-refractivity contribution in [1.82, 2.24) is 4.90 Å². The summed E-state index contributed by atoms with van der Waals surface area (Å²) in [6.07, 6.45) is 0. The van der Waals surface area contributed by atoms with E-state index in [1.165, 1.54) is 4.90 Å². The number of carbonyl (C=O) groups excluding carboxylic acids is 2. The SMILES string of the molecule is Cc1ccc(NC(=O)CN(C)C(=O)c2ccc(COc3ccc(Cl)cc3)cc2)cc1. The largest absolute Gasteiger partial charge is 0.489 e. The van der Waals surface area contributed by atoms with E-state index in [0.29, 0.717) is 22.9 Å². The molecule has 2 amide bonds. The quantitative estimate of drug-likeness (QED) is 0.586. The third-order valence-electron chi connectivity index (χ3n) is 4.48. The van der Waals surface area contributed by atoms with Gasteiger partial charge >= 0.3 is 0 Å². The molecule has 0 aliphatic heterocycles. The zero-order valence-electron chi connectivity index (χ0n) is 16.9. The lowest BCUT2D eigenvalue weighted by Gasteiger charge is -2.17. The second kappa shape index (κ2) is 9.94. The number of carbonyl (C=O) groups is 2. The van der Waals surface area contributed by atoms with Crippen molar-refractivity contribution in [3.05, 3.63) is 94.5 Å². The van der Waals surface area contributed by atoms with E-state index in [0.717, 1.165) is 16.9 Å². The average molecular weight is 423 g/mol. The molecular weight excluding hydrogens is 400 g/mol. The standard InChI is InChI=1S/C24H23ClN2O3/c1-17-3-11-21(12-4-17)26-23(28)15-27(2)24(29)19-7-5-18(6-8-19)16-30-22-13-9-20(25)10-14-22/h3-14H,15-16H2,1-2H3,(H,26,28). The van der Waals surface area contributed by atoms with Gasteiger partial charge in [0.25, 0.3) is 5.91 Å². The van der Waals surface area contributed by atoms with Crippen molar-refractivity contribution in [2.24, 2.45) is 0 Å². The van der Waals surface area contributed by atoms with E-state index in [-0.39, 0.29) is 18.4 Å². The fraction of sp³-hybridized carbons (Fsp3) is 0.167. The van der Waals surface area contributed by atoms with Crippen LogP contribution in [0.15, 0.2) is 72.8 Å². The molecule has 0 unspecified atom stereocenters. The van der Waals surface area contributed by atoms with Crippen molar-refractivity contribution in [3.63, 3.8) is 0 Å². The summed E-state index contributed by atoms with van der Waals surface area (Å²) in [7, 11) is 1.61. The molecule has 0 saturated carbocycles. The maximum absolute atomic E-state index is 12.6. The fourth-order valence-corrected chi connectivity index (χ4v) is 2.91. The molecule has 0 radical (unpaired) electrons. The van der Waals surface area contributed by atoms with Crippen LogP contribution in [0.5, 0.6) is 5.75 Å². The summed E-state index contributed by atoms with van der Waals surface area (Å²) in [5.74, 6) is 0.251. The number of anilines is 1. The average Bonchev–Trinajstić information content (AvgIpc) is 2.75. The third kappa shape index (κ3) is 6.09. The predicted molar refractivity (Wildman–Crippen MR) is 119 cm³/mol. The van der Waals surface area contributed by atoms with Crippen LogP contribution < -0.4 is 10.1 Å². The Hall–Kier alpha value is -3.31. The van der Waals surface area contributed by atoms with Gasteiger partial charge in [0.15, 0.2) is 0 Å². The summed E-state index contributed by atoms with van der Waals surface area (Å²) in [4.78, 5) is 26.2. The lowest BCUT2D eigenvalue weighted by atomic mass is 10.1. The second-order valence-electron chi connectivity index (χ2n) is 7.01. The van der Waals surface area contributed by atoms with Gasteiger partial charge in [-0.05, 0) is 61.0 Å². The number of nitrogens with zero attached hydrogens (tertiary/aromatic N) is 1. The van der Waals surface area contributed by atoms with E-state index < -0.39 is 0 Å². The molecule has 1 N–H and O–H groups in total. The Balaban J connectivity index is 1.51. The molecule has 0 aromatic heterocycles. The van der Waals surface area contributed by atoms with Gasteiger partial charge in [0.1, 0.15) is 12.4 Å². The van der Waals surface area contributed by atoms with Crippen LogP contribution in [0.2, 0.25) is 5.02 Å².